The largest absolute Gasteiger partial charge is 0.295 e. The Bertz CT molecular complexity index is 1580. The molecule has 0 aliphatic carbocycles. The van der Waals surface area contributed by atoms with E-state index < -0.39 is 26.6 Å². The Balaban J connectivity index is 1.31. The summed E-state index contributed by atoms with van der Waals surface area (Å²) in [6.45, 7) is 1.19. The van der Waals surface area contributed by atoms with Gasteiger partial charge in [0.15, 0.2) is 0 Å². The van der Waals surface area contributed by atoms with Crippen LogP contribution in [0, 0.1) is 11.6 Å². The third-order valence-corrected chi connectivity index (χ3v) is 8.82. The first-order valence-electron chi connectivity index (χ1n) is 10.5. The minimum atomic E-state index is -4.17. The summed E-state index contributed by atoms with van der Waals surface area (Å²) in [6, 6.07) is 11.0. The van der Waals surface area contributed by atoms with Gasteiger partial charge in [-0.25, -0.2) is 22.2 Å². The zero-order valence-electron chi connectivity index (χ0n) is 18.1. The molecule has 2 aromatic carbocycles. The third kappa shape index (κ3) is 4.71. The van der Waals surface area contributed by atoms with Crippen LogP contribution in [0.25, 0.3) is 15.5 Å². The summed E-state index contributed by atoms with van der Waals surface area (Å²) < 4.78 is 55.5. The van der Waals surface area contributed by atoms with E-state index in [1.54, 1.807) is 12.1 Å². The highest BCUT2D eigenvalue weighted by molar-refractivity contribution is 7.89. The highest BCUT2D eigenvalue weighted by atomic mass is 35.5. The van der Waals surface area contributed by atoms with Crippen LogP contribution in [0.4, 0.5) is 8.78 Å². The lowest BCUT2D eigenvalue weighted by Gasteiger charge is -2.33. The van der Waals surface area contributed by atoms with E-state index in [4.69, 9.17) is 11.6 Å². The summed E-state index contributed by atoms with van der Waals surface area (Å²) in [5.74, 6) is -1.82. The van der Waals surface area contributed by atoms with Crippen molar-refractivity contribution in [3.05, 3.63) is 81.2 Å². The van der Waals surface area contributed by atoms with E-state index in [-0.39, 0.29) is 18.6 Å². The van der Waals surface area contributed by atoms with Crippen LogP contribution in [0.2, 0.25) is 5.02 Å². The van der Waals surface area contributed by atoms with Crippen LogP contribution in [-0.2, 0) is 16.6 Å². The van der Waals surface area contributed by atoms with E-state index in [0.717, 1.165) is 16.4 Å². The van der Waals surface area contributed by atoms with Crippen molar-refractivity contribution < 1.29 is 17.2 Å². The van der Waals surface area contributed by atoms with Gasteiger partial charge in [-0.1, -0.05) is 41.1 Å². The monoisotopic (exact) mass is 537 g/mol. The lowest BCUT2D eigenvalue weighted by Crippen LogP contribution is -2.48. The second kappa shape index (κ2) is 9.36. The lowest BCUT2D eigenvalue weighted by atomic mass is 10.2. The molecule has 0 bridgehead atoms. The van der Waals surface area contributed by atoms with Gasteiger partial charge in [0.1, 0.15) is 21.5 Å². The molecule has 2 aromatic heterocycles. The van der Waals surface area contributed by atoms with Gasteiger partial charge in [0.25, 0.3) is 5.56 Å². The van der Waals surface area contributed by atoms with Crippen molar-refractivity contribution in [2.24, 2.45) is 0 Å². The molecule has 3 heterocycles. The van der Waals surface area contributed by atoms with E-state index in [1.165, 1.54) is 21.9 Å². The highest BCUT2D eigenvalue weighted by Crippen LogP contribution is 2.30. The van der Waals surface area contributed by atoms with Crippen LogP contribution in [0.5, 0.6) is 0 Å². The standard InChI is InChI=1S/C22H18ClF2N5O3S2/c23-17-4-2-1-3-16(17)21-27-30-20(31)12-15(26-22(30)34-21)13-28-7-9-29(10-8-28)35(32,33)19-11-14(24)5-6-18(19)25/h1-6,11-12H,7-10,13H2. The molecule has 8 nitrogen and oxygen atoms in total. The summed E-state index contributed by atoms with van der Waals surface area (Å²) in [5.41, 5.74) is 0.900. The number of rotatable bonds is 5. The molecule has 5 rings (SSSR count). The topological polar surface area (TPSA) is 87.9 Å². The van der Waals surface area contributed by atoms with Crippen molar-refractivity contribution in [3.8, 4) is 10.6 Å². The normalized spacial score (nSPS) is 15.6. The van der Waals surface area contributed by atoms with Gasteiger partial charge < -0.3 is 0 Å². The summed E-state index contributed by atoms with van der Waals surface area (Å²) in [7, 11) is -4.17. The Hall–Kier alpha value is -2.77. The molecule has 0 spiro atoms. The van der Waals surface area contributed by atoms with Crippen LogP contribution >= 0.6 is 22.9 Å². The number of piperazine rings is 1. The second-order valence-electron chi connectivity index (χ2n) is 7.92. The minimum Gasteiger partial charge on any atom is -0.295 e. The molecule has 0 atom stereocenters. The Morgan fingerprint density at radius 1 is 1.03 bits per heavy atom. The predicted molar refractivity (Wildman–Crippen MR) is 128 cm³/mol. The highest BCUT2D eigenvalue weighted by Gasteiger charge is 2.31. The van der Waals surface area contributed by atoms with Crippen molar-refractivity contribution in [1.29, 1.82) is 0 Å². The molecule has 0 radical (unpaired) electrons. The fraction of sp³-hybridized carbons (Fsp3) is 0.227. The molecule has 1 aliphatic rings. The number of aromatic nitrogens is 3. The molecule has 0 amide bonds. The maximum absolute atomic E-state index is 14.0. The summed E-state index contributed by atoms with van der Waals surface area (Å²) in [5, 5.41) is 5.43. The van der Waals surface area contributed by atoms with Crippen molar-refractivity contribution in [2.75, 3.05) is 26.2 Å². The minimum absolute atomic E-state index is 0.0940. The third-order valence-electron chi connectivity index (χ3n) is 5.63. The van der Waals surface area contributed by atoms with Crippen LogP contribution in [0.15, 0.2) is 58.2 Å². The average Bonchev–Trinajstić information content (AvgIpc) is 3.26. The number of nitrogens with zero attached hydrogens (tertiary/aromatic N) is 5. The van der Waals surface area contributed by atoms with Gasteiger partial charge >= 0.3 is 0 Å². The predicted octanol–water partition coefficient (Wildman–Crippen LogP) is 3.26. The second-order valence-corrected chi connectivity index (χ2v) is 11.2. The van der Waals surface area contributed by atoms with Gasteiger partial charge in [-0.05, 0) is 24.3 Å². The van der Waals surface area contributed by atoms with Crippen LogP contribution in [-0.4, -0.2) is 58.4 Å². The first-order chi connectivity index (χ1) is 16.7. The van der Waals surface area contributed by atoms with Crippen molar-refractivity contribution in [1.82, 2.24) is 23.8 Å². The molecule has 1 saturated heterocycles. The molecule has 1 aliphatic heterocycles. The van der Waals surface area contributed by atoms with E-state index in [9.17, 15) is 22.0 Å². The molecule has 1 fully saturated rings. The Labute approximate surface area is 208 Å². The Morgan fingerprint density at radius 2 is 1.77 bits per heavy atom. The van der Waals surface area contributed by atoms with Gasteiger partial charge in [-0.15, -0.1) is 0 Å². The quantitative estimate of drug-likeness (QED) is 0.388. The number of sulfonamides is 1. The van der Waals surface area contributed by atoms with Crippen LogP contribution < -0.4 is 5.56 Å². The molecule has 0 saturated carbocycles. The zero-order valence-corrected chi connectivity index (χ0v) is 20.5. The van der Waals surface area contributed by atoms with E-state index in [1.807, 2.05) is 17.0 Å². The number of hydrogen-bond acceptors (Lipinski definition) is 7. The molecule has 0 unspecified atom stereocenters. The van der Waals surface area contributed by atoms with Crippen molar-refractivity contribution in [3.63, 3.8) is 0 Å². The molecule has 0 N–H and O–H groups in total. The number of benzene rings is 2. The van der Waals surface area contributed by atoms with E-state index in [0.29, 0.717) is 51.9 Å². The molecular formula is C22H18ClF2N5O3S2. The first kappa shape index (κ1) is 23.9. The molecule has 182 valence electrons. The van der Waals surface area contributed by atoms with Crippen molar-refractivity contribution in [2.45, 2.75) is 11.4 Å². The SMILES string of the molecule is O=c1cc(CN2CCN(S(=O)(=O)c3cc(F)ccc3F)CC2)nc2sc(-c3ccccc3Cl)nn12. The maximum Gasteiger partial charge on any atom is 0.275 e. The molecule has 4 aromatic rings. The van der Waals surface area contributed by atoms with Crippen LogP contribution in [0.3, 0.4) is 0 Å². The molecule has 13 heteroatoms. The number of fused-ring (bicyclic) bond motifs is 1. The Kier molecular flexibility index (Phi) is 6.40. The summed E-state index contributed by atoms with van der Waals surface area (Å²) in [6.07, 6.45) is 0. The Morgan fingerprint density at radius 3 is 2.51 bits per heavy atom. The molecular weight excluding hydrogens is 520 g/mol. The van der Waals surface area contributed by atoms with Gasteiger partial charge in [-0.3, -0.25) is 9.69 Å². The molecule has 35 heavy (non-hydrogen) atoms. The fourth-order valence-corrected chi connectivity index (χ4v) is 6.59. The first-order valence-corrected chi connectivity index (χ1v) is 13.2. The fourth-order valence-electron chi connectivity index (χ4n) is 3.85. The van der Waals surface area contributed by atoms with Crippen molar-refractivity contribution >= 4 is 37.9 Å². The zero-order chi connectivity index (χ0) is 24.7. The van der Waals surface area contributed by atoms with Gasteiger partial charge in [0.2, 0.25) is 15.0 Å². The summed E-state index contributed by atoms with van der Waals surface area (Å²) in [4.78, 5) is 18.9. The number of halogens is 3. The van der Waals surface area contributed by atoms with E-state index in [2.05, 4.69) is 10.1 Å². The van der Waals surface area contributed by atoms with Gasteiger partial charge in [0, 0.05) is 44.4 Å². The van der Waals surface area contributed by atoms with Gasteiger partial charge in [0.05, 0.1) is 10.7 Å². The maximum atomic E-state index is 14.0. The van der Waals surface area contributed by atoms with E-state index >= 15 is 0 Å². The smallest absolute Gasteiger partial charge is 0.275 e. The van der Waals surface area contributed by atoms with Gasteiger partial charge in [-0.2, -0.15) is 13.9 Å². The lowest BCUT2D eigenvalue weighted by molar-refractivity contribution is 0.179. The average molecular weight is 538 g/mol. The van der Waals surface area contributed by atoms with Crippen LogP contribution in [0.1, 0.15) is 5.69 Å². The number of hydrogen-bond donors (Lipinski definition) is 0. The summed E-state index contributed by atoms with van der Waals surface area (Å²) >= 11 is 7.49.